The van der Waals surface area contributed by atoms with Crippen LogP contribution in [0.3, 0.4) is 0 Å². The molecule has 4 nitrogen and oxygen atoms in total. The maximum absolute atomic E-state index is 11.7. The third-order valence-corrected chi connectivity index (χ3v) is 3.39. The fraction of sp³-hybridized carbons (Fsp3) is 0.333. The molecule has 1 unspecified atom stereocenters. The monoisotopic (exact) mass is 381 g/mol. The summed E-state index contributed by atoms with van der Waals surface area (Å²) >= 11 is 7.89. The van der Waals surface area contributed by atoms with Gasteiger partial charge in [-0.2, -0.15) is 0 Å². The van der Waals surface area contributed by atoms with E-state index in [1.807, 2.05) is 0 Å². The zero-order valence-electron chi connectivity index (χ0n) is 9.74. The molecule has 0 radical (unpaired) electrons. The molecule has 0 saturated heterocycles. The molecule has 6 heteroatoms. The highest BCUT2D eigenvalue weighted by atomic mass is 127. The van der Waals surface area contributed by atoms with Crippen molar-refractivity contribution in [2.45, 2.75) is 19.8 Å². The van der Waals surface area contributed by atoms with Gasteiger partial charge in [0.15, 0.2) is 0 Å². The summed E-state index contributed by atoms with van der Waals surface area (Å²) in [5.41, 5.74) is 0.688. The number of carboxylic acid groups (broad SMARTS) is 1. The van der Waals surface area contributed by atoms with E-state index >= 15 is 0 Å². The molecule has 1 aromatic carbocycles. The Labute approximate surface area is 124 Å². The number of carbonyl (C=O) groups excluding carboxylic acids is 1. The Morgan fingerprint density at radius 3 is 2.67 bits per heavy atom. The van der Waals surface area contributed by atoms with E-state index in [2.05, 4.69) is 27.9 Å². The molecule has 0 heterocycles. The molecule has 1 amide bonds. The first kappa shape index (κ1) is 15.2. The second-order valence-corrected chi connectivity index (χ2v) is 5.68. The van der Waals surface area contributed by atoms with Crippen molar-refractivity contribution in [1.29, 1.82) is 0 Å². The number of carbonyl (C=O) groups is 2. The molecule has 0 spiro atoms. The minimum atomic E-state index is -0.892. The average molecular weight is 382 g/mol. The molecule has 1 aromatic rings. The van der Waals surface area contributed by atoms with Gasteiger partial charge in [-0.1, -0.05) is 18.5 Å². The largest absolute Gasteiger partial charge is 0.481 e. The van der Waals surface area contributed by atoms with E-state index in [4.69, 9.17) is 16.7 Å². The molecule has 1 atom stereocenters. The Kier molecular flexibility index (Phi) is 5.87. The zero-order chi connectivity index (χ0) is 13.7. The first-order chi connectivity index (χ1) is 8.38. The number of hydrogen-bond donors (Lipinski definition) is 2. The van der Waals surface area contributed by atoms with Crippen molar-refractivity contribution in [3.63, 3.8) is 0 Å². The van der Waals surface area contributed by atoms with Crippen molar-refractivity contribution in [2.75, 3.05) is 5.32 Å². The quantitative estimate of drug-likeness (QED) is 0.769. The molecular formula is C12H13ClINO3. The van der Waals surface area contributed by atoms with Crippen molar-refractivity contribution < 1.29 is 14.7 Å². The summed E-state index contributed by atoms with van der Waals surface area (Å²) in [4.78, 5) is 22.2. The van der Waals surface area contributed by atoms with E-state index in [0.717, 1.165) is 3.57 Å². The van der Waals surface area contributed by atoms with E-state index in [9.17, 15) is 9.59 Å². The van der Waals surface area contributed by atoms with Gasteiger partial charge in [-0.25, -0.2) is 0 Å². The number of benzene rings is 1. The minimum absolute atomic E-state index is 0.00880. The van der Waals surface area contributed by atoms with Gasteiger partial charge in [0.25, 0.3) is 0 Å². The highest BCUT2D eigenvalue weighted by Gasteiger charge is 2.13. The lowest BCUT2D eigenvalue weighted by Crippen LogP contribution is -2.17. The van der Waals surface area contributed by atoms with Crippen LogP contribution in [0.1, 0.15) is 19.8 Å². The first-order valence-corrected chi connectivity index (χ1v) is 6.81. The number of anilines is 1. The maximum Gasteiger partial charge on any atom is 0.303 e. The van der Waals surface area contributed by atoms with Crippen LogP contribution in [0.4, 0.5) is 5.69 Å². The van der Waals surface area contributed by atoms with Crippen LogP contribution in [0.2, 0.25) is 5.02 Å². The topological polar surface area (TPSA) is 66.4 Å². The molecule has 0 aromatic heterocycles. The van der Waals surface area contributed by atoms with Crippen molar-refractivity contribution >= 4 is 51.8 Å². The van der Waals surface area contributed by atoms with Gasteiger partial charge < -0.3 is 10.4 Å². The fourth-order valence-corrected chi connectivity index (χ4v) is 2.49. The molecule has 0 aliphatic rings. The Morgan fingerprint density at radius 2 is 2.11 bits per heavy atom. The van der Waals surface area contributed by atoms with Crippen LogP contribution in [0.25, 0.3) is 0 Å². The summed E-state index contributed by atoms with van der Waals surface area (Å²) in [6, 6.07) is 5.17. The minimum Gasteiger partial charge on any atom is -0.481 e. The molecular weight excluding hydrogens is 368 g/mol. The lowest BCUT2D eigenvalue weighted by Gasteiger charge is -2.10. The number of nitrogens with one attached hydrogen (secondary N) is 1. The van der Waals surface area contributed by atoms with Crippen molar-refractivity contribution in [2.24, 2.45) is 5.92 Å². The fourth-order valence-electron chi connectivity index (χ4n) is 1.48. The third-order valence-electron chi connectivity index (χ3n) is 2.26. The molecule has 18 heavy (non-hydrogen) atoms. The first-order valence-electron chi connectivity index (χ1n) is 5.35. The van der Waals surface area contributed by atoms with Gasteiger partial charge in [-0.15, -0.1) is 0 Å². The van der Waals surface area contributed by atoms with E-state index in [1.54, 1.807) is 25.1 Å². The lowest BCUT2D eigenvalue weighted by atomic mass is 10.0. The van der Waals surface area contributed by atoms with Crippen LogP contribution in [0.5, 0.6) is 0 Å². The van der Waals surface area contributed by atoms with Gasteiger partial charge in [-0.05, 0) is 46.7 Å². The van der Waals surface area contributed by atoms with E-state index in [0.29, 0.717) is 10.7 Å². The number of rotatable bonds is 5. The van der Waals surface area contributed by atoms with Crippen molar-refractivity contribution in [1.82, 2.24) is 0 Å². The smallest absolute Gasteiger partial charge is 0.303 e. The molecule has 0 fully saturated rings. The Hall–Kier alpha value is -0.820. The molecule has 98 valence electrons. The van der Waals surface area contributed by atoms with Gasteiger partial charge in [-0.3, -0.25) is 9.59 Å². The predicted molar refractivity (Wildman–Crippen MR) is 78.8 cm³/mol. The second-order valence-electron chi connectivity index (χ2n) is 4.08. The Bertz CT molecular complexity index is 465. The summed E-state index contributed by atoms with van der Waals surface area (Å²) in [6.45, 7) is 1.74. The molecule has 1 rings (SSSR count). The van der Waals surface area contributed by atoms with Gasteiger partial charge in [0.1, 0.15) is 0 Å². The van der Waals surface area contributed by atoms with Crippen LogP contribution in [0, 0.1) is 9.49 Å². The number of aliphatic carboxylic acids is 1. The van der Waals surface area contributed by atoms with Crippen LogP contribution >= 0.6 is 34.2 Å². The third kappa shape index (κ3) is 5.22. The van der Waals surface area contributed by atoms with E-state index < -0.39 is 5.97 Å². The van der Waals surface area contributed by atoms with Crippen LogP contribution < -0.4 is 5.32 Å². The average Bonchev–Trinajstić information content (AvgIpc) is 2.20. The van der Waals surface area contributed by atoms with Crippen molar-refractivity contribution in [3.8, 4) is 0 Å². The summed E-state index contributed by atoms with van der Waals surface area (Å²) < 4.78 is 0.847. The van der Waals surface area contributed by atoms with Gasteiger partial charge in [0.05, 0.1) is 5.69 Å². The van der Waals surface area contributed by atoms with Crippen LogP contribution in [-0.2, 0) is 9.59 Å². The molecule has 0 aliphatic heterocycles. The molecule has 2 N–H and O–H groups in total. The van der Waals surface area contributed by atoms with E-state index in [1.165, 1.54) is 0 Å². The second kappa shape index (κ2) is 6.94. The Balaban J connectivity index is 2.56. The maximum atomic E-state index is 11.7. The van der Waals surface area contributed by atoms with Gasteiger partial charge in [0, 0.05) is 21.4 Å². The summed E-state index contributed by atoms with van der Waals surface area (Å²) in [5.74, 6) is -1.27. The SMILES string of the molecule is CC(CC(=O)O)CC(=O)Nc1ccc(Cl)cc1I. The highest BCUT2D eigenvalue weighted by molar-refractivity contribution is 14.1. The highest BCUT2D eigenvalue weighted by Crippen LogP contribution is 2.22. The predicted octanol–water partition coefficient (Wildman–Crippen LogP) is 3.38. The lowest BCUT2D eigenvalue weighted by molar-refractivity contribution is -0.138. The molecule has 0 bridgehead atoms. The molecule has 0 saturated carbocycles. The standard InChI is InChI=1S/C12H13ClINO3/c1-7(5-12(17)18)4-11(16)15-10-3-2-8(13)6-9(10)14/h2-3,6-7H,4-5H2,1H3,(H,15,16)(H,17,18). The summed E-state index contributed by atoms with van der Waals surface area (Å²) in [6.07, 6.45) is 0.177. The van der Waals surface area contributed by atoms with Gasteiger partial charge >= 0.3 is 5.97 Å². The number of halogens is 2. The van der Waals surface area contributed by atoms with Gasteiger partial charge in [0.2, 0.25) is 5.91 Å². The number of hydrogen-bond acceptors (Lipinski definition) is 2. The van der Waals surface area contributed by atoms with E-state index in [-0.39, 0.29) is 24.7 Å². The zero-order valence-corrected chi connectivity index (χ0v) is 12.7. The Morgan fingerprint density at radius 1 is 1.44 bits per heavy atom. The number of carboxylic acids is 1. The number of amides is 1. The normalized spacial score (nSPS) is 11.9. The van der Waals surface area contributed by atoms with Crippen LogP contribution in [0.15, 0.2) is 18.2 Å². The van der Waals surface area contributed by atoms with Crippen molar-refractivity contribution in [3.05, 3.63) is 26.8 Å². The summed E-state index contributed by atoms with van der Waals surface area (Å²) in [5, 5.41) is 12.0. The summed E-state index contributed by atoms with van der Waals surface area (Å²) in [7, 11) is 0. The van der Waals surface area contributed by atoms with Crippen LogP contribution in [-0.4, -0.2) is 17.0 Å². The molecule has 0 aliphatic carbocycles.